The number of anilines is 4. The lowest BCUT2D eigenvalue weighted by Crippen LogP contribution is -2.47. The zero-order chi connectivity index (χ0) is 40.1. The van der Waals surface area contributed by atoms with E-state index in [0.29, 0.717) is 70.8 Å². The van der Waals surface area contributed by atoms with Crippen LogP contribution in [0, 0.1) is 0 Å². The summed E-state index contributed by atoms with van der Waals surface area (Å²) >= 11 is 0. The molecule has 15 heteroatoms. The predicted molar refractivity (Wildman–Crippen MR) is 226 cm³/mol. The van der Waals surface area contributed by atoms with Crippen LogP contribution in [0.1, 0.15) is 22.3 Å². The molecule has 3 aliphatic rings. The fourth-order valence-corrected chi connectivity index (χ4v) is 9.10. The molecule has 58 heavy (non-hydrogen) atoms. The predicted octanol–water partition coefficient (Wildman–Crippen LogP) is 4.81. The average molecular weight is 806 g/mol. The van der Waals surface area contributed by atoms with E-state index in [1.54, 1.807) is 18.5 Å². The number of rotatable bonds is 14. The van der Waals surface area contributed by atoms with Crippen molar-refractivity contribution in [3.05, 3.63) is 107 Å². The van der Waals surface area contributed by atoms with Gasteiger partial charge < -0.3 is 33.8 Å². The summed E-state index contributed by atoms with van der Waals surface area (Å²) in [6, 6.07) is 24.3. The first-order valence-electron chi connectivity index (χ1n) is 19.9. The third-order valence-electron chi connectivity index (χ3n) is 11.1. The Labute approximate surface area is 341 Å². The molecule has 0 atom stereocenters. The molecule has 5 aromatic rings. The number of fused-ring (bicyclic) bond motifs is 1. The van der Waals surface area contributed by atoms with Crippen LogP contribution >= 0.6 is 0 Å². The third-order valence-corrected chi connectivity index (χ3v) is 13.0. The van der Waals surface area contributed by atoms with Crippen molar-refractivity contribution < 1.29 is 22.6 Å². The number of sulfonamides is 1. The van der Waals surface area contributed by atoms with E-state index in [-0.39, 0.29) is 5.75 Å². The fourth-order valence-electron chi connectivity index (χ4n) is 7.63. The second-order valence-electron chi connectivity index (χ2n) is 14.9. The van der Waals surface area contributed by atoms with Gasteiger partial charge in [-0.1, -0.05) is 36.4 Å². The molecule has 0 N–H and O–H groups in total. The first-order chi connectivity index (χ1) is 28.3. The number of benzene rings is 3. The molecule has 3 aliphatic heterocycles. The van der Waals surface area contributed by atoms with Gasteiger partial charge in [-0.15, -0.1) is 0 Å². The van der Waals surface area contributed by atoms with Gasteiger partial charge in [0.15, 0.2) is 0 Å². The van der Waals surface area contributed by atoms with E-state index in [4.69, 9.17) is 34.1 Å². The summed E-state index contributed by atoms with van der Waals surface area (Å²) in [6.07, 6.45) is 4.96. The van der Waals surface area contributed by atoms with Gasteiger partial charge in [-0.3, -0.25) is 0 Å². The molecule has 5 heterocycles. The van der Waals surface area contributed by atoms with Crippen LogP contribution in [0.2, 0.25) is 0 Å². The molecular formula is C43H51N9O5S. The number of hydrogen-bond donors (Lipinski definition) is 0. The third kappa shape index (κ3) is 9.02. The van der Waals surface area contributed by atoms with E-state index < -0.39 is 10.0 Å². The molecule has 0 aliphatic carbocycles. The van der Waals surface area contributed by atoms with Crippen molar-refractivity contribution in [2.75, 3.05) is 101 Å². The Hall–Kier alpha value is -5.35. The van der Waals surface area contributed by atoms with Gasteiger partial charge in [0.25, 0.3) is 0 Å². The van der Waals surface area contributed by atoms with Crippen LogP contribution in [0.25, 0.3) is 11.3 Å². The van der Waals surface area contributed by atoms with Gasteiger partial charge in [0.05, 0.1) is 38.9 Å². The van der Waals surface area contributed by atoms with Crippen molar-refractivity contribution in [1.82, 2.24) is 29.1 Å². The minimum absolute atomic E-state index is 0.101. The largest absolute Gasteiger partial charge is 0.497 e. The number of morpholine rings is 1. The van der Waals surface area contributed by atoms with Crippen molar-refractivity contribution in [3.8, 4) is 22.8 Å². The molecule has 8 rings (SSSR count). The highest BCUT2D eigenvalue weighted by molar-refractivity contribution is 7.89. The van der Waals surface area contributed by atoms with Crippen LogP contribution in [-0.4, -0.2) is 124 Å². The van der Waals surface area contributed by atoms with E-state index in [1.807, 2.05) is 55.8 Å². The summed E-state index contributed by atoms with van der Waals surface area (Å²) in [7, 11) is 2.05. The van der Waals surface area contributed by atoms with Crippen LogP contribution in [0.5, 0.6) is 11.5 Å². The zero-order valence-electron chi connectivity index (χ0n) is 33.5. The number of hydrogen-bond acceptors (Lipinski definition) is 13. The number of piperazine rings is 1. The number of likely N-dealkylation sites (N-methyl/N-ethyl adjacent to an activating group) is 1. The molecule has 0 bridgehead atoms. The Morgan fingerprint density at radius 3 is 1.90 bits per heavy atom. The number of ether oxygens (including phenoxy) is 3. The zero-order valence-corrected chi connectivity index (χ0v) is 34.3. The van der Waals surface area contributed by atoms with Crippen molar-refractivity contribution >= 4 is 33.4 Å². The number of nitrogens with zero attached hydrogens (tertiary/aromatic N) is 9. The molecule has 3 aromatic carbocycles. The molecule has 14 nitrogen and oxygen atoms in total. The summed E-state index contributed by atoms with van der Waals surface area (Å²) in [6.45, 7) is 7.17. The molecule has 0 unspecified atom stereocenters. The van der Waals surface area contributed by atoms with Crippen LogP contribution in [0.4, 0.5) is 23.4 Å². The standard InChI is InChI=1S/C43H51N9O5S/c1-48-19-21-51(22-20-48)58(53,54)27-17-32-4-10-36(11-5-32)52-18-16-39-40(46-43(47-41(39)52)49-23-25-57-26-24-49)35-28-44-42(45-29-35)50(30-33-6-12-37(55-2)13-7-33)31-34-8-14-38(56-3)15-9-34/h4-15,28-29H,16-27,30-31H2,1-3H3. The highest BCUT2D eigenvalue weighted by Gasteiger charge is 2.30. The highest BCUT2D eigenvalue weighted by atomic mass is 32.2. The lowest BCUT2D eigenvalue weighted by Gasteiger charge is -2.31. The van der Waals surface area contributed by atoms with Crippen LogP contribution < -0.4 is 24.2 Å². The minimum Gasteiger partial charge on any atom is -0.497 e. The van der Waals surface area contributed by atoms with Gasteiger partial charge in [0.2, 0.25) is 21.9 Å². The van der Waals surface area contributed by atoms with Crippen LogP contribution in [0.3, 0.4) is 0 Å². The smallest absolute Gasteiger partial charge is 0.228 e. The summed E-state index contributed by atoms with van der Waals surface area (Å²) in [5.41, 5.74) is 6.89. The summed E-state index contributed by atoms with van der Waals surface area (Å²) in [5.74, 6) is 3.83. The molecule has 0 saturated carbocycles. The van der Waals surface area contributed by atoms with Gasteiger partial charge in [0.1, 0.15) is 17.3 Å². The summed E-state index contributed by atoms with van der Waals surface area (Å²) < 4.78 is 44.3. The first kappa shape index (κ1) is 39.5. The van der Waals surface area contributed by atoms with Gasteiger partial charge in [-0.05, 0) is 73.0 Å². The lowest BCUT2D eigenvalue weighted by atomic mass is 10.1. The van der Waals surface area contributed by atoms with Crippen molar-refractivity contribution in [2.24, 2.45) is 0 Å². The Morgan fingerprint density at radius 1 is 0.724 bits per heavy atom. The van der Waals surface area contributed by atoms with Crippen LogP contribution in [0.15, 0.2) is 85.2 Å². The maximum atomic E-state index is 13.1. The molecule has 0 radical (unpaired) electrons. The van der Waals surface area contributed by atoms with E-state index >= 15 is 0 Å². The topological polar surface area (TPSA) is 130 Å². The summed E-state index contributed by atoms with van der Waals surface area (Å²) in [5, 5.41) is 0. The maximum absolute atomic E-state index is 13.1. The molecule has 304 valence electrons. The van der Waals surface area contributed by atoms with Crippen molar-refractivity contribution in [3.63, 3.8) is 0 Å². The fraction of sp³-hybridized carbons (Fsp3) is 0.395. The first-order valence-corrected chi connectivity index (χ1v) is 21.5. The lowest BCUT2D eigenvalue weighted by molar-refractivity contribution is 0.122. The molecule has 0 amide bonds. The monoisotopic (exact) mass is 805 g/mol. The SMILES string of the molecule is COc1ccc(CN(Cc2ccc(OC)cc2)c2ncc(-c3nc(N4CCOCC4)nc4c3CCN4c3ccc(CCS(=O)(=O)N4CCN(C)CC4)cc3)cn2)cc1. The summed E-state index contributed by atoms with van der Waals surface area (Å²) in [4.78, 5) is 28.9. The second kappa shape index (κ2) is 17.6. The molecule has 0 spiro atoms. The Bertz CT molecular complexity index is 2200. The molecular weight excluding hydrogens is 755 g/mol. The second-order valence-corrected chi connectivity index (χ2v) is 17.0. The van der Waals surface area contributed by atoms with Crippen molar-refractivity contribution in [1.29, 1.82) is 0 Å². The normalized spacial score (nSPS) is 16.3. The Kier molecular flexibility index (Phi) is 12.0. The van der Waals surface area contributed by atoms with Gasteiger partial charge in [-0.25, -0.2) is 23.4 Å². The van der Waals surface area contributed by atoms with Gasteiger partial charge in [-0.2, -0.15) is 9.29 Å². The molecule has 2 saturated heterocycles. The number of methoxy groups -OCH3 is 2. The average Bonchev–Trinajstić information content (AvgIpc) is 3.70. The Balaban J connectivity index is 1.05. The Morgan fingerprint density at radius 2 is 1.31 bits per heavy atom. The van der Waals surface area contributed by atoms with E-state index in [9.17, 15) is 8.42 Å². The van der Waals surface area contributed by atoms with Crippen molar-refractivity contribution in [2.45, 2.75) is 25.9 Å². The van der Waals surface area contributed by atoms with E-state index in [2.05, 4.69) is 56.0 Å². The quantitative estimate of drug-likeness (QED) is 0.153. The van der Waals surface area contributed by atoms with Crippen LogP contribution in [-0.2, 0) is 40.7 Å². The van der Waals surface area contributed by atoms with Gasteiger partial charge in [0, 0.05) is 88.1 Å². The maximum Gasteiger partial charge on any atom is 0.228 e. The highest BCUT2D eigenvalue weighted by Crippen LogP contribution is 2.39. The number of aryl methyl sites for hydroxylation is 1. The minimum atomic E-state index is -3.31. The molecule has 2 aromatic heterocycles. The molecule has 2 fully saturated rings. The van der Waals surface area contributed by atoms with Gasteiger partial charge >= 0.3 is 0 Å². The van der Waals surface area contributed by atoms with E-state index in [0.717, 1.165) is 82.6 Å². The number of aromatic nitrogens is 4. The van der Waals surface area contributed by atoms with E-state index in [1.165, 1.54) is 0 Å².